The number of thiazole rings is 1. The van der Waals surface area contributed by atoms with E-state index in [2.05, 4.69) is 24.1 Å². The Kier molecular flexibility index (Phi) is 4.47. The number of nitrogens with one attached hydrogen (secondary N) is 1. The Balaban J connectivity index is 1.95. The molecule has 1 amide bonds. The van der Waals surface area contributed by atoms with Crippen molar-refractivity contribution in [2.24, 2.45) is 0 Å². The van der Waals surface area contributed by atoms with Crippen molar-refractivity contribution in [1.82, 2.24) is 4.98 Å². The van der Waals surface area contributed by atoms with Crippen LogP contribution in [0.25, 0.3) is 6.08 Å². The lowest BCUT2D eigenvalue weighted by molar-refractivity contribution is -0.111. The molecule has 1 aromatic heterocycles. The highest BCUT2D eigenvalue weighted by molar-refractivity contribution is 7.14. The lowest BCUT2D eigenvalue weighted by Crippen LogP contribution is -2.07. The molecule has 0 spiro atoms. The summed E-state index contributed by atoms with van der Waals surface area (Å²) in [6.45, 7) is 4.16. The molecule has 3 nitrogen and oxygen atoms in total. The van der Waals surface area contributed by atoms with E-state index in [0.29, 0.717) is 11.0 Å². The molecule has 0 unspecified atom stereocenters. The zero-order chi connectivity index (χ0) is 13.7. The molecule has 0 aliphatic rings. The third kappa shape index (κ3) is 4.03. The quantitative estimate of drug-likeness (QED) is 0.857. The molecular formula is C15H16N2OS. The Hall–Kier alpha value is -1.94. The maximum absolute atomic E-state index is 11.7. The summed E-state index contributed by atoms with van der Waals surface area (Å²) < 4.78 is 0. The molecule has 0 radical (unpaired) electrons. The van der Waals surface area contributed by atoms with Gasteiger partial charge in [-0.15, -0.1) is 11.3 Å². The molecule has 2 aromatic rings. The predicted molar refractivity (Wildman–Crippen MR) is 80.3 cm³/mol. The molecule has 0 saturated heterocycles. The molecule has 0 fully saturated rings. The molecular weight excluding hydrogens is 256 g/mol. The topological polar surface area (TPSA) is 42.0 Å². The van der Waals surface area contributed by atoms with Crippen LogP contribution in [0, 0.1) is 0 Å². The summed E-state index contributed by atoms with van der Waals surface area (Å²) in [5.41, 5.74) is 2.01. The van der Waals surface area contributed by atoms with Gasteiger partial charge < -0.3 is 0 Å². The van der Waals surface area contributed by atoms with E-state index in [1.165, 1.54) is 17.4 Å². The van der Waals surface area contributed by atoms with Gasteiger partial charge in [-0.3, -0.25) is 10.1 Å². The maximum Gasteiger partial charge on any atom is 0.250 e. The van der Waals surface area contributed by atoms with Crippen molar-refractivity contribution in [1.29, 1.82) is 0 Å². The fourth-order valence-corrected chi connectivity index (χ4v) is 2.37. The van der Waals surface area contributed by atoms with Crippen molar-refractivity contribution in [2.75, 3.05) is 5.32 Å². The summed E-state index contributed by atoms with van der Waals surface area (Å²) >= 11 is 1.45. The number of nitrogens with zero attached hydrogens (tertiary/aromatic N) is 1. The fraction of sp³-hybridized carbons (Fsp3) is 0.200. The first-order valence-corrected chi connectivity index (χ1v) is 7.02. The lowest BCUT2D eigenvalue weighted by atomic mass is 10.2. The number of carbonyl (C=O) groups excluding carboxylic acids is 1. The number of hydrogen-bond donors (Lipinski definition) is 1. The summed E-state index contributed by atoms with van der Waals surface area (Å²) in [5.74, 6) is 0.218. The summed E-state index contributed by atoms with van der Waals surface area (Å²) in [6, 6.07) is 9.72. The molecule has 0 atom stereocenters. The van der Waals surface area contributed by atoms with Gasteiger partial charge in [0.15, 0.2) is 5.13 Å². The zero-order valence-electron chi connectivity index (χ0n) is 11.0. The fourth-order valence-electron chi connectivity index (χ4n) is 1.49. The minimum Gasteiger partial charge on any atom is -0.298 e. The van der Waals surface area contributed by atoms with Crippen molar-refractivity contribution in [2.45, 2.75) is 19.8 Å². The first kappa shape index (κ1) is 13.5. The smallest absolute Gasteiger partial charge is 0.250 e. The SMILES string of the molecule is CC(C)c1csc(NC(=O)/C=C/c2ccccc2)n1. The van der Waals surface area contributed by atoms with Gasteiger partial charge in [-0.1, -0.05) is 44.2 Å². The number of carbonyl (C=O) groups is 1. The van der Waals surface area contributed by atoms with Gasteiger partial charge in [0.25, 0.3) is 0 Å². The molecule has 1 heterocycles. The number of aromatic nitrogens is 1. The first-order valence-electron chi connectivity index (χ1n) is 6.14. The van der Waals surface area contributed by atoms with Crippen molar-refractivity contribution in [3.05, 3.63) is 53.0 Å². The monoisotopic (exact) mass is 272 g/mol. The highest BCUT2D eigenvalue weighted by atomic mass is 32.1. The van der Waals surface area contributed by atoms with Crippen LogP contribution in [-0.4, -0.2) is 10.9 Å². The second-order valence-electron chi connectivity index (χ2n) is 4.47. The normalized spacial score (nSPS) is 11.1. The number of anilines is 1. The first-order chi connectivity index (χ1) is 9.15. The molecule has 4 heteroatoms. The van der Waals surface area contributed by atoms with E-state index < -0.39 is 0 Å². The van der Waals surface area contributed by atoms with E-state index in [4.69, 9.17) is 0 Å². The van der Waals surface area contributed by atoms with Crippen LogP contribution >= 0.6 is 11.3 Å². The van der Waals surface area contributed by atoms with Crippen LogP contribution in [0.3, 0.4) is 0 Å². The van der Waals surface area contributed by atoms with E-state index >= 15 is 0 Å². The van der Waals surface area contributed by atoms with Crippen LogP contribution in [0.1, 0.15) is 31.0 Å². The van der Waals surface area contributed by atoms with Crippen molar-refractivity contribution < 1.29 is 4.79 Å². The Morgan fingerprint density at radius 2 is 2.05 bits per heavy atom. The molecule has 1 N–H and O–H groups in total. The highest BCUT2D eigenvalue weighted by Gasteiger charge is 2.06. The van der Waals surface area contributed by atoms with E-state index in [9.17, 15) is 4.79 Å². The second kappa shape index (κ2) is 6.29. The van der Waals surface area contributed by atoms with Gasteiger partial charge in [0.2, 0.25) is 5.91 Å². The van der Waals surface area contributed by atoms with Gasteiger partial charge in [0, 0.05) is 11.5 Å². The predicted octanol–water partition coefficient (Wildman–Crippen LogP) is 3.92. The second-order valence-corrected chi connectivity index (χ2v) is 5.32. The summed E-state index contributed by atoms with van der Waals surface area (Å²) in [7, 11) is 0. The number of hydrogen-bond acceptors (Lipinski definition) is 3. The van der Waals surface area contributed by atoms with Crippen LogP contribution in [0.4, 0.5) is 5.13 Å². The molecule has 1 aromatic carbocycles. The van der Waals surface area contributed by atoms with Gasteiger partial charge in [0.1, 0.15) is 0 Å². The third-order valence-corrected chi connectivity index (χ3v) is 3.35. The molecule has 0 aliphatic heterocycles. The molecule has 0 bridgehead atoms. The molecule has 0 saturated carbocycles. The largest absolute Gasteiger partial charge is 0.298 e. The van der Waals surface area contributed by atoms with E-state index in [1.807, 2.05) is 35.7 Å². The Labute approximate surface area is 117 Å². The number of amides is 1. The standard InChI is InChI=1S/C15H16N2OS/c1-11(2)13-10-19-15(16-13)17-14(18)9-8-12-6-4-3-5-7-12/h3-11H,1-2H3,(H,16,17,18)/b9-8+. The summed E-state index contributed by atoms with van der Waals surface area (Å²) in [6.07, 6.45) is 3.30. The molecule has 2 rings (SSSR count). The summed E-state index contributed by atoms with van der Waals surface area (Å²) in [5, 5.41) is 5.39. The average molecular weight is 272 g/mol. The van der Waals surface area contributed by atoms with E-state index in [0.717, 1.165) is 11.3 Å². The highest BCUT2D eigenvalue weighted by Crippen LogP contribution is 2.21. The molecule has 19 heavy (non-hydrogen) atoms. The van der Waals surface area contributed by atoms with Gasteiger partial charge in [0.05, 0.1) is 5.69 Å². The minimum absolute atomic E-state index is 0.159. The van der Waals surface area contributed by atoms with Crippen LogP contribution in [-0.2, 0) is 4.79 Å². The van der Waals surface area contributed by atoms with Gasteiger partial charge >= 0.3 is 0 Å². The van der Waals surface area contributed by atoms with Gasteiger partial charge in [-0.05, 0) is 17.6 Å². The van der Waals surface area contributed by atoms with Crippen molar-refractivity contribution >= 4 is 28.5 Å². The summed E-state index contributed by atoms with van der Waals surface area (Å²) in [4.78, 5) is 16.1. The Bertz CT molecular complexity index is 573. The van der Waals surface area contributed by atoms with Crippen molar-refractivity contribution in [3.63, 3.8) is 0 Å². The minimum atomic E-state index is -0.159. The lowest BCUT2D eigenvalue weighted by Gasteiger charge is -1.98. The molecule has 0 aliphatic carbocycles. The zero-order valence-corrected chi connectivity index (χ0v) is 11.8. The number of rotatable bonds is 4. The van der Waals surface area contributed by atoms with Crippen LogP contribution in [0.15, 0.2) is 41.8 Å². The van der Waals surface area contributed by atoms with Gasteiger partial charge in [-0.2, -0.15) is 0 Å². The van der Waals surface area contributed by atoms with Crippen LogP contribution < -0.4 is 5.32 Å². The maximum atomic E-state index is 11.7. The average Bonchev–Trinajstić information content (AvgIpc) is 2.86. The van der Waals surface area contributed by atoms with E-state index in [-0.39, 0.29) is 5.91 Å². The van der Waals surface area contributed by atoms with Crippen LogP contribution in [0.5, 0.6) is 0 Å². The van der Waals surface area contributed by atoms with Crippen LogP contribution in [0.2, 0.25) is 0 Å². The Morgan fingerprint density at radius 3 is 2.68 bits per heavy atom. The molecule has 98 valence electrons. The third-order valence-electron chi connectivity index (χ3n) is 2.57. The van der Waals surface area contributed by atoms with Crippen molar-refractivity contribution in [3.8, 4) is 0 Å². The Morgan fingerprint density at radius 1 is 1.32 bits per heavy atom. The number of benzene rings is 1. The van der Waals surface area contributed by atoms with E-state index in [1.54, 1.807) is 6.08 Å². The van der Waals surface area contributed by atoms with Gasteiger partial charge in [-0.25, -0.2) is 4.98 Å².